The minimum atomic E-state index is -0.187. The molecule has 0 saturated heterocycles. The average molecular weight is 226 g/mol. The predicted octanol–water partition coefficient (Wildman–Crippen LogP) is 2.78. The van der Waals surface area contributed by atoms with Gasteiger partial charge in [-0.1, -0.05) is 0 Å². The molecule has 0 aliphatic carbocycles. The summed E-state index contributed by atoms with van der Waals surface area (Å²) in [7, 11) is 0. The van der Waals surface area contributed by atoms with Gasteiger partial charge in [-0.15, -0.1) is 0 Å². The van der Waals surface area contributed by atoms with Crippen molar-refractivity contribution in [2.45, 2.75) is 12.5 Å². The monoisotopic (exact) mass is 226 g/mol. The molecule has 1 atom stereocenters. The molecule has 0 amide bonds. The second-order valence-electron chi connectivity index (χ2n) is 3.69. The Bertz CT molecular complexity index is 343. The minimum Gasteiger partial charge on any atom is -0.381 e. The maximum atomic E-state index is 13.0. The summed E-state index contributed by atoms with van der Waals surface area (Å²) in [6.07, 6.45) is 3.20. The van der Waals surface area contributed by atoms with Crippen molar-refractivity contribution >= 4 is 23.1 Å². The zero-order valence-electron chi connectivity index (χ0n) is 8.72. The summed E-state index contributed by atoms with van der Waals surface area (Å²) >= 11 is 1.84. The van der Waals surface area contributed by atoms with E-state index in [0.717, 1.165) is 30.1 Å². The van der Waals surface area contributed by atoms with Crippen LogP contribution in [-0.2, 0) is 0 Å². The van der Waals surface area contributed by atoms with Crippen LogP contribution in [0.2, 0.25) is 0 Å². The summed E-state index contributed by atoms with van der Waals surface area (Å²) in [5.74, 6) is 0.942. The maximum absolute atomic E-state index is 13.0. The minimum absolute atomic E-state index is 0.187. The van der Waals surface area contributed by atoms with Crippen LogP contribution in [0.5, 0.6) is 0 Å². The van der Waals surface area contributed by atoms with Gasteiger partial charge in [0.25, 0.3) is 0 Å². The van der Waals surface area contributed by atoms with Crippen molar-refractivity contribution in [3.63, 3.8) is 0 Å². The van der Waals surface area contributed by atoms with Crippen LogP contribution in [0.25, 0.3) is 0 Å². The molecule has 2 nitrogen and oxygen atoms in total. The van der Waals surface area contributed by atoms with E-state index >= 15 is 0 Å². The Labute approximate surface area is 93.6 Å². The van der Waals surface area contributed by atoms with Gasteiger partial charge in [-0.3, -0.25) is 0 Å². The molecule has 2 rings (SSSR count). The van der Waals surface area contributed by atoms with Crippen LogP contribution in [-0.4, -0.2) is 24.6 Å². The molecule has 82 valence electrons. The average Bonchev–Trinajstić information content (AvgIpc) is 2.25. The highest BCUT2D eigenvalue weighted by molar-refractivity contribution is 7.98. The molecular weight excluding hydrogens is 211 g/mol. The lowest BCUT2D eigenvalue weighted by Gasteiger charge is -2.28. The van der Waals surface area contributed by atoms with Crippen molar-refractivity contribution in [2.24, 2.45) is 0 Å². The summed E-state index contributed by atoms with van der Waals surface area (Å²) in [4.78, 5) is 0. The van der Waals surface area contributed by atoms with Gasteiger partial charge in [-0.25, -0.2) is 4.39 Å². The summed E-state index contributed by atoms with van der Waals surface area (Å²) in [6.45, 7) is 0.916. The molecule has 1 aromatic rings. The van der Waals surface area contributed by atoms with Crippen LogP contribution in [0, 0.1) is 5.82 Å². The van der Waals surface area contributed by atoms with Gasteiger partial charge in [-0.05, 0) is 36.6 Å². The lowest BCUT2D eigenvalue weighted by Crippen LogP contribution is -2.33. The summed E-state index contributed by atoms with van der Waals surface area (Å²) in [6, 6.07) is 5.22. The Morgan fingerprint density at radius 2 is 2.33 bits per heavy atom. The molecule has 1 aliphatic heterocycles. The highest BCUT2D eigenvalue weighted by Gasteiger charge is 2.16. The molecule has 4 heteroatoms. The zero-order chi connectivity index (χ0) is 10.7. The van der Waals surface area contributed by atoms with Gasteiger partial charge in [0.1, 0.15) is 5.82 Å². The van der Waals surface area contributed by atoms with Crippen LogP contribution >= 0.6 is 11.8 Å². The van der Waals surface area contributed by atoms with Crippen LogP contribution in [0.1, 0.15) is 6.42 Å². The molecule has 0 saturated carbocycles. The quantitative estimate of drug-likeness (QED) is 0.828. The smallest absolute Gasteiger partial charge is 0.125 e. The maximum Gasteiger partial charge on any atom is 0.125 e. The van der Waals surface area contributed by atoms with Crippen LogP contribution < -0.4 is 10.6 Å². The van der Waals surface area contributed by atoms with E-state index in [1.807, 2.05) is 11.8 Å². The van der Waals surface area contributed by atoms with Crippen LogP contribution in [0.3, 0.4) is 0 Å². The molecule has 1 unspecified atom stereocenters. The first kappa shape index (κ1) is 10.6. The van der Waals surface area contributed by atoms with Crippen molar-refractivity contribution < 1.29 is 4.39 Å². The topological polar surface area (TPSA) is 24.1 Å². The number of nitrogens with one attached hydrogen (secondary N) is 2. The van der Waals surface area contributed by atoms with Crippen molar-refractivity contribution in [1.29, 1.82) is 0 Å². The van der Waals surface area contributed by atoms with Gasteiger partial charge in [0.05, 0.1) is 11.4 Å². The highest BCUT2D eigenvalue weighted by atomic mass is 32.2. The number of hydrogen-bond acceptors (Lipinski definition) is 3. The van der Waals surface area contributed by atoms with Crippen molar-refractivity contribution in [2.75, 3.05) is 29.2 Å². The van der Waals surface area contributed by atoms with E-state index in [1.165, 1.54) is 6.07 Å². The molecule has 0 bridgehead atoms. The van der Waals surface area contributed by atoms with Crippen LogP contribution in [0.4, 0.5) is 15.8 Å². The van der Waals surface area contributed by atoms with E-state index < -0.39 is 0 Å². The number of benzene rings is 1. The van der Waals surface area contributed by atoms with E-state index in [9.17, 15) is 4.39 Å². The molecule has 0 fully saturated rings. The number of thioether (sulfide) groups is 1. The third-order valence-electron chi connectivity index (χ3n) is 2.55. The van der Waals surface area contributed by atoms with Gasteiger partial charge in [0.2, 0.25) is 0 Å². The Morgan fingerprint density at radius 1 is 1.47 bits per heavy atom. The highest BCUT2D eigenvalue weighted by Crippen LogP contribution is 2.27. The van der Waals surface area contributed by atoms with E-state index in [1.54, 1.807) is 12.1 Å². The first-order chi connectivity index (χ1) is 7.29. The zero-order valence-corrected chi connectivity index (χ0v) is 9.53. The normalized spacial score (nSPS) is 18.9. The fourth-order valence-electron chi connectivity index (χ4n) is 1.73. The Kier molecular flexibility index (Phi) is 3.36. The van der Waals surface area contributed by atoms with Gasteiger partial charge in [0.15, 0.2) is 0 Å². The standard InChI is InChI=1S/C11H15FN2S/c1-15-5-4-9-7-13-10-3-2-8(12)6-11(10)14-9/h2-3,6,9,13-14H,4-5,7H2,1H3. The first-order valence-electron chi connectivity index (χ1n) is 5.08. The second kappa shape index (κ2) is 4.75. The molecule has 1 aromatic carbocycles. The number of fused-ring (bicyclic) bond motifs is 1. The molecule has 0 aromatic heterocycles. The Morgan fingerprint density at radius 3 is 3.13 bits per heavy atom. The SMILES string of the molecule is CSCCC1CNc2ccc(F)cc2N1. The van der Waals surface area contributed by atoms with E-state index in [0.29, 0.717) is 6.04 Å². The number of anilines is 2. The lowest BCUT2D eigenvalue weighted by atomic mass is 10.1. The molecule has 0 radical (unpaired) electrons. The molecule has 15 heavy (non-hydrogen) atoms. The molecule has 2 N–H and O–H groups in total. The van der Waals surface area contributed by atoms with E-state index in [-0.39, 0.29) is 5.82 Å². The molecule has 1 heterocycles. The second-order valence-corrected chi connectivity index (χ2v) is 4.68. The summed E-state index contributed by atoms with van der Waals surface area (Å²) in [5, 5.41) is 6.67. The molecule has 1 aliphatic rings. The third-order valence-corrected chi connectivity index (χ3v) is 3.19. The summed E-state index contributed by atoms with van der Waals surface area (Å²) in [5.41, 5.74) is 1.88. The number of rotatable bonds is 3. The van der Waals surface area contributed by atoms with E-state index in [2.05, 4.69) is 16.9 Å². The van der Waals surface area contributed by atoms with Gasteiger partial charge in [0, 0.05) is 12.6 Å². The number of hydrogen-bond donors (Lipinski definition) is 2. The third kappa shape index (κ3) is 2.56. The van der Waals surface area contributed by atoms with Gasteiger partial charge < -0.3 is 10.6 Å². The Balaban J connectivity index is 2.05. The predicted molar refractivity (Wildman–Crippen MR) is 65.3 cm³/mol. The number of halogens is 1. The fourth-order valence-corrected chi connectivity index (χ4v) is 2.25. The lowest BCUT2D eigenvalue weighted by molar-refractivity contribution is 0.626. The largest absolute Gasteiger partial charge is 0.381 e. The fraction of sp³-hybridized carbons (Fsp3) is 0.455. The van der Waals surface area contributed by atoms with Crippen molar-refractivity contribution in [3.05, 3.63) is 24.0 Å². The van der Waals surface area contributed by atoms with Gasteiger partial charge >= 0.3 is 0 Å². The summed E-state index contributed by atoms with van der Waals surface area (Å²) < 4.78 is 13.0. The Hall–Kier alpha value is -0.900. The van der Waals surface area contributed by atoms with Crippen LogP contribution in [0.15, 0.2) is 18.2 Å². The first-order valence-corrected chi connectivity index (χ1v) is 6.48. The molecular formula is C11H15FN2S. The molecule has 0 spiro atoms. The van der Waals surface area contributed by atoms with Gasteiger partial charge in [-0.2, -0.15) is 11.8 Å². The van der Waals surface area contributed by atoms with Crippen molar-refractivity contribution in [1.82, 2.24) is 0 Å². The van der Waals surface area contributed by atoms with E-state index in [4.69, 9.17) is 0 Å². The van der Waals surface area contributed by atoms with Crippen molar-refractivity contribution in [3.8, 4) is 0 Å².